The Morgan fingerprint density at radius 1 is 0.952 bits per heavy atom. The lowest BCUT2D eigenvalue weighted by Gasteiger charge is -2.34. The monoisotopic (exact) mass is 299 g/mol. The first-order valence-corrected chi connectivity index (χ1v) is 8.35. The van der Waals surface area contributed by atoms with Crippen molar-refractivity contribution in [3.05, 3.63) is 0 Å². The summed E-state index contributed by atoms with van der Waals surface area (Å²) < 4.78 is 5.38. The molecule has 4 heteroatoms. The largest absolute Gasteiger partial charge is 0.549 e. The lowest BCUT2D eigenvalue weighted by atomic mass is 9.80. The van der Waals surface area contributed by atoms with E-state index in [2.05, 4.69) is 0 Å². The van der Waals surface area contributed by atoms with Crippen LogP contribution in [-0.2, 0) is 14.3 Å². The van der Waals surface area contributed by atoms with Gasteiger partial charge in [0.05, 0.1) is 11.9 Å². The lowest BCUT2D eigenvalue weighted by molar-refractivity contribution is -0.322. The highest BCUT2D eigenvalue weighted by molar-refractivity contribution is 5.75. The lowest BCUT2D eigenvalue weighted by Crippen LogP contribution is -2.46. The van der Waals surface area contributed by atoms with E-state index in [0.717, 1.165) is 38.5 Å². The molecule has 0 amide bonds. The molecule has 0 aromatic heterocycles. The van der Waals surface area contributed by atoms with E-state index < -0.39 is 11.4 Å². The summed E-state index contributed by atoms with van der Waals surface area (Å²) in [6, 6.07) is 0. The number of carboxylic acids is 1. The maximum absolute atomic E-state index is 12.2. The predicted octanol–water partition coefficient (Wildman–Crippen LogP) is 3.08. The molecule has 0 spiro atoms. The summed E-state index contributed by atoms with van der Waals surface area (Å²) in [5, 5.41) is 11.5. The molecule has 0 heterocycles. The number of ether oxygens (including phenoxy) is 1. The number of hydrogen-bond acceptors (Lipinski definition) is 4. The number of rotatable bonds is 12. The Morgan fingerprint density at radius 3 is 1.76 bits per heavy atom. The zero-order valence-corrected chi connectivity index (χ0v) is 14.1. The smallest absolute Gasteiger partial charge is 0.308 e. The van der Waals surface area contributed by atoms with Gasteiger partial charge in [-0.25, -0.2) is 0 Å². The number of carbonyl (C=O) groups is 2. The topological polar surface area (TPSA) is 66.4 Å². The fourth-order valence-electron chi connectivity index (χ4n) is 2.89. The van der Waals surface area contributed by atoms with E-state index in [9.17, 15) is 14.7 Å². The number of esters is 1. The third-order valence-electron chi connectivity index (χ3n) is 3.99. The van der Waals surface area contributed by atoms with Crippen molar-refractivity contribution in [3.63, 3.8) is 0 Å². The summed E-state index contributed by atoms with van der Waals surface area (Å²) in [5.74, 6) is -1.46. The van der Waals surface area contributed by atoms with Crippen LogP contribution in [0, 0.1) is 11.3 Å². The van der Waals surface area contributed by atoms with Crippen molar-refractivity contribution >= 4 is 11.9 Å². The Hall–Kier alpha value is -1.06. The molecule has 0 aromatic rings. The van der Waals surface area contributed by atoms with E-state index >= 15 is 0 Å². The molecule has 21 heavy (non-hydrogen) atoms. The van der Waals surface area contributed by atoms with Gasteiger partial charge in [0.25, 0.3) is 0 Å². The first-order valence-electron chi connectivity index (χ1n) is 8.35. The molecule has 0 aromatic carbocycles. The Morgan fingerprint density at radius 2 is 1.43 bits per heavy atom. The van der Waals surface area contributed by atoms with Crippen LogP contribution in [0.4, 0.5) is 0 Å². The predicted molar refractivity (Wildman–Crippen MR) is 81.5 cm³/mol. The fraction of sp³-hybridized carbons (Fsp3) is 0.882. The summed E-state index contributed by atoms with van der Waals surface area (Å²) in [7, 11) is 0. The average molecular weight is 299 g/mol. The second-order valence-corrected chi connectivity index (χ2v) is 5.95. The molecule has 0 aliphatic rings. The second-order valence-electron chi connectivity index (χ2n) is 5.95. The van der Waals surface area contributed by atoms with Crippen molar-refractivity contribution in [2.75, 3.05) is 6.61 Å². The van der Waals surface area contributed by atoms with Crippen molar-refractivity contribution < 1.29 is 19.4 Å². The van der Waals surface area contributed by atoms with Crippen LogP contribution in [0.1, 0.15) is 79.1 Å². The molecule has 4 nitrogen and oxygen atoms in total. The summed E-state index contributed by atoms with van der Waals surface area (Å²) in [6.07, 6.45) is 5.90. The van der Waals surface area contributed by atoms with E-state index in [-0.39, 0.29) is 18.5 Å². The number of carbonyl (C=O) groups excluding carboxylic acids is 2. The minimum Gasteiger partial charge on any atom is -0.549 e. The molecule has 0 aliphatic heterocycles. The third kappa shape index (κ3) is 6.49. The summed E-state index contributed by atoms with van der Waals surface area (Å²) in [6.45, 7) is 7.89. The van der Waals surface area contributed by atoms with Gasteiger partial charge in [0.15, 0.2) is 0 Å². The molecule has 0 aliphatic carbocycles. The van der Waals surface area contributed by atoms with Gasteiger partial charge in [-0.1, -0.05) is 53.4 Å². The van der Waals surface area contributed by atoms with Crippen LogP contribution in [0.5, 0.6) is 0 Å². The maximum Gasteiger partial charge on any atom is 0.308 e. The first-order chi connectivity index (χ1) is 9.97. The first kappa shape index (κ1) is 19.9. The highest BCUT2D eigenvalue weighted by Crippen LogP contribution is 2.30. The number of hydrogen-bond donors (Lipinski definition) is 0. The Kier molecular flexibility index (Phi) is 10.1. The van der Waals surface area contributed by atoms with Crippen molar-refractivity contribution in [1.82, 2.24) is 0 Å². The standard InChI is InChI=1S/C17H32O4/c1-5-9-14(10-6-2)15(18)21-13-17(11-7-3,12-8-4)16(19)20/h14H,5-13H2,1-4H3,(H,19,20)/p-1. The third-order valence-corrected chi connectivity index (χ3v) is 3.99. The second kappa shape index (κ2) is 10.6. The molecule has 0 N–H and O–H groups in total. The Balaban J connectivity index is 4.78. The van der Waals surface area contributed by atoms with Crippen molar-refractivity contribution in [2.24, 2.45) is 11.3 Å². The van der Waals surface area contributed by atoms with Gasteiger partial charge in [-0.05, 0) is 25.7 Å². The van der Waals surface area contributed by atoms with Gasteiger partial charge >= 0.3 is 5.97 Å². The quantitative estimate of drug-likeness (QED) is 0.519. The van der Waals surface area contributed by atoms with Gasteiger partial charge in [0.2, 0.25) is 0 Å². The highest BCUT2D eigenvalue weighted by atomic mass is 16.5. The van der Waals surface area contributed by atoms with Gasteiger partial charge in [-0.2, -0.15) is 0 Å². The molecule has 0 radical (unpaired) electrons. The maximum atomic E-state index is 12.2. The zero-order chi connectivity index (χ0) is 16.3. The molecule has 0 fully saturated rings. The highest BCUT2D eigenvalue weighted by Gasteiger charge is 2.32. The molecule has 0 saturated carbocycles. The van der Waals surface area contributed by atoms with Gasteiger partial charge in [-0.3, -0.25) is 4.79 Å². The van der Waals surface area contributed by atoms with Gasteiger partial charge < -0.3 is 14.6 Å². The molecular weight excluding hydrogens is 268 g/mol. The van der Waals surface area contributed by atoms with Crippen LogP contribution in [0.3, 0.4) is 0 Å². The van der Waals surface area contributed by atoms with Crippen LogP contribution >= 0.6 is 0 Å². The van der Waals surface area contributed by atoms with Crippen LogP contribution in [-0.4, -0.2) is 18.5 Å². The zero-order valence-electron chi connectivity index (χ0n) is 14.1. The summed E-state index contributed by atoms with van der Waals surface area (Å²) in [5.41, 5.74) is -1.03. The Bertz CT molecular complexity index is 300. The fourth-order valence-corrected chi connectivity index (χ4v) is 2.89. The van der Waals surface area contributed by atoms with Crippen molar-refractivity contribution in [2.45, 2.75) is 79.1 Å². The van der Waals surface area contributed by atoms with Crippen LogP contribution < -0.4 is 5.11 Å². The van der Waals surface area contributed by atoms with Gasteiger partial charge in [-0.15, -0.1) is 0 Å². The average Bonchev–Trinajstić information content (AvgIpc) is 2.44. The van der Waals surface area contributed by atoms with E-state index in [4.69, 9.17) is 4.74 Å². The van der Waals surface area contributed by atoms with Gasteiger partial charge in [0.1, 0.15) is 6.61 Å². The van der Waals surface area contributed by atoms with Crippen molar-refractivity contribution in [1.29, 1.82) is 0 Å². The van der Waals surface area contributed by atoms with Gasteiger partial charge in [0, 0.05) is 5.41 Å². The normalized spacial score (nSPS) is 11.7. The van der Waals surface area contributed by atoms with E-state index in [1.807, 2.05) is 27.7 Å². The van der Waals surface area contributed by atoms with E-state index in [0.29, 0.717) is 12.8 Å². The van der Waals surface area contributed by atoms with Crippen LogP contribution in [0.25, 0.3) is 0 Å². The molecular formula is C17H31O4-. The molecule has 0 unspecified atom stereocenters. The Labute approximate surface area is 129 Å². The number of aliphatic carboxylic acids is 1. The van der Waals surface area contributed by atoms with Crippen LogP contribution in [0.15, 0.2) is 0 Å². The minimum atomic E-state index is -1.10. The molecule has 0 rings (SSSR count). The number of carboxylic acid groups (broad SMARTS) is 1. The summed E-state index contributed by atoms with van der Waals surface area (Å²) in [4.78, 5) is 23.7. The molecule has 124 valence electrons. The molecule has 0 saturated heterocycles. The minimum absolute atomic E-state index is 0.0558. The van der Waals surface area contributed by atoms with E-state index in [1.54, 1.807) is 0 Å². The van der Waals surface area contributed by atoms with Crippen molar-refractivity contribution in [3.8, 4) is 0 Å². The molecule has 0 atom stereocenters. The SMILES string of the molecule is CCCC(CCC)C(=O)OCC(CCC)(CCC)C(=O)[O-]. The van der Waals surface area contributed by atoms with E-state index in [1.165, 1.54) is 0 Å². The molecule has 0 bridgehead atoms. The summed E-state index contributed by atoms with van der Waals surface area (Å²) >= 11 is 0. The van der Waals surface area contributed by atoms with Crippen LogP contribution in [0.2, 0.25) is 0 Å².